The maximum absolute atomic E-state index is 13.0. The number of aliphatic hydroxyl groups is 1. The van der Waals surface area contributed by atoms with Crippen LogP contribution in [0.15, 0.2) is 36.4 Å². The second-order valence-corrected chi connectivity index (χ2v) is 5.30. The molecule has 2 aromatic carbocycles. The first-order chi connectivity index (χ1) is 8.97. The van der Waals surface area contributed by atoms with Crippen LogP contribution in [0.2, 0.25) is 10.0 Å². The normalized spacial score (nSPS) is 12.5. The van der Waals surface area contributed by atoms with Gasteiger partial charge >= 0.3 is 0 Å². The number of halogens is 3. The van der Waals surface area contributed by atoms with E-state index in [0.29, 0.717) is 22.0 Å². The summed E-state index contributed by atoms with van der Waals surface area (Å²) in [5.41, 5.74) is 2.23. The molecule has 100 valence electrons. The minimum Gasteiger partial charge on any atom is -0.388 e. The van der Waals surface area contributed by atoms with E-state index in [4.69, 9.17) is 23.2 Å². The molecule has 1 unspecified atom stereocenters. The lowest BCUT2D eigenvalue weighted by atomic mass is 9.97. The van der Waals surface area contributed by atoms with Crippen LogP contribution in [0.3, 0.4) is 0 Å². The van der Waals surface area contributed by atoms with Gasteiger partial charge in [0, 0.05) is 16.5 Å². The summed E-state index contributed by atoms with van der Waals surface area (Å²) < 4.78 is 13.0. The fourth-order valence-electron chi connectivity index (χ4n) is 2.02. The first-order valence-corrected chi connectivity index (χ1v) is 6.61. The van der Waals surface area contributed by atoms with Gasteiger partial charge in [0.15, 0.2) is 0 Å². The van der Waals surface area contributed by atoms with Crippen molar-refractivity contribution in [2.24, 2.45) is 0 Å². The third-order valence-electron chi connectivity index (χ3n) is 3.02. The van der Waals surface area contributed by atoms with Crippen LogP contribution in [0, 0.1) is 12.7 Å². The van der Waals surface area contributed by atoms with E-state index in [1.54, 1.807) is 31.2 Å². The minimum absolute atomic E-state index is 0.307. The molecule has 0 aliphatic carbocycles. The van der Waals surface area contributed by atoms with Gasteiger partial charge < -0.3 is 5.11 Å². The van der Waals surface area contributed by atoms with E-state index < -0.39 is 6.10 Å². The second-order valence-electron chi connectivity index (χ2n) is 4.46. The lowest BCUT2D eigenvalue weighted by Crippen LogP contribution is -2.04. The molecule has 2 rings (SSSR count). The highest BCUT2D eigenvalue weighted by Gasteiger charge is 2.13. The molecule has 0 saturated heterocycles. The Balaban J connectivity index is 2.23. The molecule has 0 aliphatic rings. The molecular weight excluding hydrogens is 286 g/mol. The Hall–Kier alpha value is -1.09. The summed E-state index contributed by atoms with van der Waals surface area (Å²) in [6.07, 6.45) is -0.359. The van der Waals surface area contributed by atoms with Crippen LogP contribution < -0.4 is 0 Å². The molecule has 0 fully saturated rings. The topological polar surface area (TPSA) is 20.2 Å². The van der Waals surface area contributed by atoms with Crippen LogP contribution in [0.1, 0.15) is 22.8 Å². The van der Waals surface area contributed by atoms with Crippen molar-refractivity contribution in [2.45, 2.75) is 19.4 Å². The van der Waals surface area contributed by atoms with Crippen LogP contribution in [0.4, 0.5) is 4.39 Å². The van der Waals surface area contributed by atoms with Crippen molar-refractivity contribution >= 4 is 23.2 Å². The van der Waals surface area contributed by atoms with Crippen LogP contribution in [-0.4, -0.2) is 5.11 Å². The average Bonchev–Trinajstić information content (AvgIpc) is 2.32. The third kappa shape index (κ3) is 3.47. The van der Waals surface area contributed by atoms with Gasteiger partial charge in [-0.2, -0.15) is 0 Å². The minimum atomic E-state index is -0.723. The van der Waals surface area contributed by atoms with Crippen molar-refractivity contribution < 1.29 is 9.50 Å². The third-order valence-corrected chi connectivity index (χ3v) is 3.61. The van der Waals surface area contributed by atoms with Gasteiger partial charge in [-0.25, -0.2) is 4.39 Å². The molecular formula is C15H13Cl2FO. The summed E-state index contributed by atoms with van der Waals surface area (Å²) in [6.45, 7) is 1.77. The van der Waals surface area contributed by atoms with Crippen LogP contribution in [0.5, 0.6) is 0 Å². The fraction of sp³-hybridized carbons (Fsp3) is 0.200. The van der Waals surface area contributed by atoms with Crippen molar-refractivity contribution in [1.29, 1.82) is 0 Å². The highest BCUT2D eigenvalue weighted by molar-refractivity contribution is 6.35. The maximum Gasteiger partial charge on any atom is 0.123 e. The van der Waals surface area contributed by atoms with E-state index in [9.17, 15) is 9.50 Å². The highest BCUT2D eigenvalue weighted by Crippen LogP contribution is 2.27. The number of aryl methyl sites for hydroxylation is 1. The molecule has 0 aliphatic heterocycles. The average molecular weight is 299 g/mol. The molecule has 0 radical (unpaired) electrons. The maximum atomic E-state index is 13.0. The van der Waals surface area contributed by atoms with E-state index in [1.807, 2.05) is 0 Å². The molecule has 0 saturated carbocycles. The Morgan fingerprint density at radius 1 is 1.16 bits per heavy atom. The lowest BCUT2D eigenvalue weighted by Gasteiger charge is -2.15. The number of benzene rings is 2. The first-order valence-electron chi connectivity index (χ1n) is 5.85. The van der Waals surface area contributed by atoms with Gasteiger partial charge in [-0.1, -0.05) is 35.3 Å². The second kappa shape index (κ2) is 5.91. The molecule has 1 N–H and O–H groups in total. The van der Waals surface area contributed by atoms with Crippen molar-refractivity contribution in [3.05, 3.63) is 69.0 Å². The van der Waals surface area contributed by atoms with Crippen LogP contribution in [-0.2, 0) is 6.42 Å². The zero-order chi connectivity index (χ0) is 14.0. The molecule has 1 nitrogen and oxygen atoms in total. The Bertz CT molecular complexity index is 599. The van der Waals surface area contributed by atoms with Gasteiger partial charge in [-0.05, 0) is 47.9 Å². The quantitative estimate of drug-likeness (QED) is 0.869. The van der Waals surface area contributed by atoms with Gasteiger partial charge in [0.05, 0.1) is 6.10 Å². The number of rotatable bonds is 3. The Morgan fingerprint density at radius 3 is 2.53 bits per heavy atom. The Kier molecular flexibility index (Phi) is 4.46. The lowest BCUT2D eigenvalue weighted by molar-refractivity contribution is 0.177. The monoisotopic (exact) mass is 298 g/mol. The summed E-state index contributed by atoms with van der Waals surface area (Å²) in [5.74, 6) is -0.307. The summed E-state index contributed by atoms with van der Waals surface area (Å²) in [5, 5.41) is 11.3. The smallest absolute Gasteiger partial charge is 0.123 e. The molecule has 2 aromatic rings. The molecule has 0 bridgehead atoms. The van der Waals surface area contributed by atoms with Crippen LogP contribution in [0.25, 0.3) is 0 Å². The van der Waals surface area contributed by atoms with Gasteiger partial charge in [0.2, 0.25) is 0 Å². The Labute approximate surface area is 121 Å². The molecule has 4 heteroatoms. The van der Waals surface area contributed by atoms with Crippen molar-refractivity contribution in [1.82, 2.24) is 0 Å². The summed E-state index contributed by atoms with van der Waals surface area (Å²) >= 11 is 11.9. The molecule has 1 atom stereocenters. The largest absolute Gasteiger partial charge is 0.388 e. The zero-order valence-electron chi connectivity index (χ0n) is 10.3. The molecule has 0 aromatic heterocycles. The van der Waals surface area contributed by atoms with Gasteiger partial charge in [0.25, 0.3) is 0 Å². The van der Waals surface area contributed by atoms with Gasteiger partial charge in [-0.15, -0.1) is 0 Å². The predicted molar refractivity (Wildman–Crippen MR) is 76.3 cm³/mol. The van der Waals surface area contributed by atoms with Gasteiger partial charge in [-0.3, -0.25) is 0 Å². The molecule has 0 spiro atoms. The predicted octanol–water partition coefficient (Wildman–Crippen LogP) is 4.72. The van der Waals surface area contributed by atoms with Crippen molar-refractivity contribution in [3.63, 3.8) is 0 Å². The van der Waals surface area contributed by atoms with E-state index in [0.717, 1.165) is 11.1 Å². The summed E-state index contributed by atoms with van der Waals surface area (Å²) in [7, 11) is 0. The van der Waals surface area contributed by atoms with Crippen molar-refractivity contribution in [2.75, 3.05) is 0 Å². The van der Waals surface area contributed by atoms with E-state index in [1.165, 1.54) is 12.1 Å². The molecule has 19 heavy (non-hydrogen) atoms. The fourth-order valence-corrected chi connectivity index (χ4v) is 2.50. The van der Waals surface area contributed by atoms with Crippen molar-refractivity contribution in [3.8, 4) is 0 Å². The highest BCUT2D eigenvalue weighted by atomic mass is 35.5. The summed E-state index contributed by atoms with van der Waals surface area (Å²) in [4.78, 5) is 0. The van der Waals surface area contributed by atoms with E-state index in [2.05, 4.69) is 0 Å². The molecule has 0 amide bonds. The zero-order valence-corrected chi connectivity index (χ0v) is 11.8. The number of aliphatic hydroxyl groups excluding tert-OH is 1. The number of hydrogen-bond acceptors (Lipinski definition) is 1. The van der Waals surface area contributed by atoms with Crippen LogP contribution >= 0.6 is 23.2 Å². The SMILES string of the molecule is Cc1cc(F)ccc1C(O)Cc1ccc(Cl)cc1Cl. The standard InChI is InChI=1S/C15H13Cl2FO/c1-9-6-12(18)4-5-13(9)15(19)7-10-2-3-11(16)8-14(10)17/h2-6,8,15,19H,7H2,1H3. The van der Waals surface area contributed by atoms with E-state index >= 15 is 0 Å². The first kappa shape index (κ1) is 14.3. The van der Waals surface area contributed by atoms with Gasteiger partial charge in [0.1, 0.15) is 5.82 Å². The summed E-state index contributed by atoms with van der Waals surface area (Å²) in [6, 6.07) is 9.50. The number of hydrogen-bond donors (Lipinski definition) is 1. The molecule has 0 heterocycles. The van der Waals surface area contributed by atoms with E-state index in [-0.39, 0.29) is 5.82 Å². The Morgan fingerprint density at radius 2 is 1.89 bits per heavy atom.